The molecule has 5 unspecified atom stereocenters. The second-order valence-corrected chi connectivity index (χ2v) is 31.0. The van der Waals surface area contributed by atoms with Gasteiger partial charge in [0.2, 0.25) is 0 Å². The summed E-state index contributed by atoms with van der Waals surface area (Å²) in [5.41, 5.74) is 0. The van der Waals surface area contributed by atoms with Crippen molar-refractivity contribution in [2.45, 2.75) is 388 Å². The van der Waals surface area contributed by atoms with Crippen molar-refractivity contribution in [3.8, 4) is 0 Å². The number of hydrogen-bond donors (Lipinski definition) is 3. The zero-order chi connectivity index (χ0) is 68.9. The van der Waals surface area contributed by atoms with Crippen LogP contribution in [-0.4, -0.2) is 96.7 Å². The Kier molecular flexibility index (Phi) is 62.2. The van der Waals surface area contributed by atoms with Gasteiger partial charge in [-0.3, -0.25) is 37.3 Å². The largest absolute Gasteiger partial charge is 0.472 e. The summed E-state index contributed by atoms with van der Waals surface area (Å²) in [6.45, 7) is 14.1. The first-order valence-corrected chi connectivity index (χ1v) is 41.3. The predicted octanol–water partition coefficient (Wildman–Crippen LogP) is 21.3. The van der Waals surface area contributed by atoms with Crippen LogP contribution in [-0.2, 0) is 65.4 Å². The molecule has 0 amide bonds. The van der Waals surface area contributed by atoms with E-state index in [0.29, 0.717) is 31.6 Å². The number of phosphoric ester groups is 2. The number of carbonyl (C=O) groups is 4. The van der Waals surface area contributed by atoms with Gasteiger partial charge in [-0.25, -0.2) is 9.13 Å². The lowest BCUT2D eigenvalue weighted by molar-refractivity contribution is -0.161. The molecule has 0 rings (SSSR count). The third kappa shape index (κ3) is 65.8. The van der Waals surface area contributed by atoms with Crippen LogP contribution in [0, 0.1) is 23.7 Å². The van der Waals surface area contributed by atoms with E-state index in [1.54, 1.807) is 0 Å². The Morgan fingerprint density at radius 2 is 0.516 bits per heavy atom. The molecule has 0 radical (unpaired) electrons. The molecule has 552 valence electrons. The Morgan fingerprint density at radius 3 is 0.763 bits per heavy atom. The van der Waals surface area contributed by atoms with Gasteiger partial charge in [-0.2, -0.15) is 0 Å². The third-order valence-electron chi connectivity index (χ3n) is 17.8. The average Bonchev–Trinajstić information content (AvgIpc) is 2.50. The van der Waals surface area contributed by atoms with E-state index in [-0.39, 0.29) is 25.7 Å². The SMILES string of the molecule is CCC(C)CCCCCCCCCCCCC(=O)O[C@H](COC(=O)CCCCCCCCC(C)CC)COP(=O)(O)OCC(O)COP(=O)(O)OC[C@@H](COC(=O)CCCCCCCCCC(C)C)OC(=O)CCCCCCCCCCCCCCCCCCC(C)C. The molecular weight excluding hydrogens is 1220 g/mol. The van der Waals surface area contributed by atoms with Gasteiger partial charge < -0.3 is 33.8 Å². The molecule has 93 heavy (non-hydrogen) atoms. The Labute approximate surface area is 568 Å². The lowest BCUT2D eigenvalue weighted by atomic mass is 9.99. The van der Waals surface area contributed by atoms with Gasteiger partial charge in [-0.15, -0.1) is 0 Å². The number of rotatable bonds is 71. The molecule has 19 heteroatoms. The van der Waals surface area contributed by atoms with E-state index in [9.17, 15) is 43.2 Å². The minimum atomic E-state index is -4.96. The number of esters is 4. The third-order valence-corrected chi connectivity index (χ3v) is 19.7. The standard InChI is InChI=1S/C74H144O17P2/c1-9-66(7)52-44-36-28-22-19-20-24-30-41-49-57-74(79)91-70(61-85-72(77)55-47-39-33-32-37-45-53-67(8)10-2)63-89-93(82,83)87-59-68(75)58-86-92(80,81)88-62-69(60-84-71(76)54-46-38-31-25-27-35-43-51-65(5)6)90-73(78)56-48-40-29-23-18-16-14-12-11-13-15-17-21-26-34-42-50-64(3)4/h64-70,75H,9-63H2,1-8H3,(H,80,81)(H,82,83)/t66?,67?,68?,69-,70-/m1/s1. The van der Waals surface area contributed by atoms with Crippen LogP contribution in [0.15, 0.2) is 0 Å². The first-order chi connectivity index (χ1) is 44.7. The van der Waals surface area contributed by atoms with Crippen LogP contribution in [0.25, 0.3) is 0 Å². The summed E-state index contributed by atoms with van der Waals surface area (Å²) in [6, 6.07) is 0. The number of phosphoric acid groups is 2. The number of ether oxygens (including phenoxy) is 4. The van der Waals surface area contributed by atoms with Crippen LogP contribution in [0.2, 0.25) is 0 Å². The summed E-state index contributed by atoms with van der Waals surface area (Å²) in [5.74, 6) is 0.922. The summed E-state index contributed by atoms with van der Waals surface area (Å²) >= 11 is 0. The quantitative estimate of drug-likeness (QED) is 0.0222. The van der Waals surface area contributed by atoms with E-state index in [1.807, 2.05) is 0 Å². The zero-order valence-corrected chi connectivity index (χ0v) is 62.7. The van der Waals surface area contributed by atoms with Gasteiger partial charge >= 0.3 is 39.5 Å². The number of hydrogen-bond acceptors (Lipinski definition) is 15. The molecule has 7 atom stereocenters. The van der Waals surface area contributed by atoms with Crippen LogP contribution in [0.5, 0.6) is 0 Å². The van der Waals surface area contributed by atoms with E-state index in [2.05, 4.69) is 55.4 Å². The Morgan fingerprint density at radius 1 is 0.301 bits per heavy atom. The highest BCUT2D eigenvalue weighted by Crippen LogP contribution is 2.45. The second-order valence-electron chi connectivity index (χ2n) is 28.1. The van der Waals surface area contributed by atoms with Crippen molar-refractivity contribution in [1.29, 1.82) is 0 Å². The lowest BCUT2D eigenvalue weighted by Gasteiger charge is -2.21. The van der Waals surface area contributed by atoms with Crippen molar-refractivity contribution in [3.63, 3.8) is 0 Å². The monoisotopic (exact) mass is 1370 g/mol. The van der Waals surface area contributed by atoms with Crippen molar-refractivity contribution in [2.75, 3.05) is 39.6 Å². The van der Waals surface area contributed by atoms with Crippen LogP contribution in [0.3, 0.4) is 0 Å². The smallest absolute Gasteiger partial charge is 0.462 e. The van der Waals surface area contributed by atoms with E-state index < -0.39 is 97.5 Å². The molecule has 0 heterocycles. The topological polar surface area (TPSA) is 237 Å². The predicted molar refractivity (Wildman–Crippen MR) is 377 cm³/mol. The van der Waals surface area contributed by atoms with Crippen LogP contribution < -0.4 is 0 Å². The summed E-state index contributed by atoms with van der Waals surface area (Å²) in [7, 11) is -9.91. The molecule has 0 bridgehead atoms. The van der Waals surface area contributed by atoms with Crippen LogP contribution in [0.4, 0.5) is 0 Å². The molecule has 0 saturated carbocycles. The summed E-state index contributed by atoms with van der Waals surface area (Å²) in [4.78, 5) is 72.7. The summed E-state index contributed by atoms with van der Waals surface area (Å²) in [6.07, 6.45) is 47.3. The molecule has 0 aromatic carbocycles. The van der Waals surface area contributed by atoms with Gasteiger partial charge in [0.15, 0.2) is 12.2 Å². The van der Waals surface area contributed by atoms with Gasteiger partial charge in [-0.1, -0.05) is 319 Å². The van der Waals surface area contributed by atoms with Gasteiger partial charge in [-0.05, 0) is 49.4 Å². The molecule has 0 aromatic heterocycles. The van der Waals surface area contributed by atoms with Gasteiger partial charge in [0.05, 0.1) is 26.4 Å². The number of aliphatic hydroxyl groups is 1. The van der Waals surface area contributed by atoms with Gasteiger partial charge in [0, 0.05) is 25.7 Å². The minimum absolute atomic E-state index is 0.105. The summed E-state index contributed by atoms with van der Waals surface area (Å²) in [5, 5.41) is 10.6. The minimum Gasteiger partial charge on any atom is -0.462 e. The fraction of sp³-hybridized carbons (Fsp3) is 0.946. The van der Waals surface area contributed by atoms with Crippen molar-refractivity contribution in [3.05, 3.63) is 0 Å². The fourth-order valence-corrected chi connectivity index (χ4v) is 12.7. The molecular formula is C74H144O17P2. The molecule has 0 spiro atoms. The molecule has 0 saturated heterocycles. The maximum Gasteiger partial charge on any atom is 0.472 e. The molecule has 0 fully saturated rings. The van der Waals surface area contributed by atoms with Gasteiger partial charge in [0.1, 0.15) is 19.3 Å². The Bertz CT molecular complexity index is 1840. The number of unbranched alkanes of at least 4 members (excludes halogenated alkanes) is 35. The Hall–Kier alpha value is -1.94. The highest BCUT2D eigenvalue weighted by molar-refractivity contribution is 7.47. The second kappa shape index (κ2) is 63.5. The van der Waals surface area contributed by atoms with Crippen molar-refractivity contribution in [1.82, 2.24) is 0 Å². The van der Waals surface area contributed by atoms with Crippen molar-refractivity contribution < 1.29 is 80.2 Å². The van der Waals surface area contributed by atoms with Crippen LogP contribution in [0.1, 0.15) is 370 Å². The van der Waals surface area contributed by atoms with Gasteiger partial charge in [0.25, 0.3) is 0 Å². The first-order valence-electron chi connectivity index (χ1n) is 38.3. The molecule has 0 aliphatic carbocycles. The maximum atomic E-state index is 13.0. The van der Waals surface area contributed by atoms with E-state index in [0.717, 1.165) is 120 Å². The molecule has 3 N–H and O–H groups in total. The van der Waals surface area contributed by atoms with Crippen molar-refractivity contribution in [2.24, 2.45) is 23.7 Å². The molecule has 0 aromatic rings. The maximum absolute atomic E-state index is 13.0. The van der Waals surface area contributed by atoms with E-state index in [1.165, 1.54) is 161 Å². The Balaban J connectivity index is 5.22. The van der Waals surface area contributed by atoms with E-state index in [4.69, 9.17) is 37.0 Å². The van der Waals surface area contributed by atoms with E-state index >= 15 is 0 Å². The highest BCUT2D eigenvalue weighted by Gasteiger charge is 2.30. The number of aliphatic hydroxyl groups excluding tert-OH is 1. The van der Waals surface area contributed by atoms with Crippen LogP contribution >= 0.6 is 15.6 Å². The molecule has 0 aliphatic rings. The number of carbonyl (C=O) groups excluding carboxylic acids is 4. The molecule has 17 nitrogen and oxygen atoms in total. The lowest BCUT2D eigenvalue weighted by Crippen LogP contribution is -2.30. The fourth-order valence-electron chi connectivity index (χ4n) is 11.1. The highest BCUT2D eigenvalue weighted by atomic mass is 31.2. The first kappa shape index (κ1) is 91.1. The molecule has 0 aliphatic heterocycles. The zero-order valence-electron chi connectivity index (χ0n) is 60.9. The average molecular weight is 1370 g/mol. The van der Waals surface area contributed by atoms with Crippen molar-refractivity contribution >= 4 is 39.5 Å². The summed E-state index contributed by atoms with van der Waals surface area (Å²) < 4.78 is 68.4. The normalized spacial score (nSPS) is 14.8.